The quantitative estimate of drug-likeness (QED) is 0.804. The number of nitrogens with zero attached hydrogens (tertiary/aromatic N) is 2. The van der Waals surface area contributed by atoms with Crippen LogP contribution in [0, 0.1) is 5.92 Å². The summed E-state index contributed by atoms with van der Waals surface area (Å²) in [5, 5.41) is 0. The standard InChI is InChI=1S/C16H28N2O3/c1-3-14-7-5-6-10-18(14)15(19)13-8-11-17(12-9-13)16(20)21-4-2/h13-14H,3-12H2,1-2H3. The number of carbonyl (C=O) groups excluding carboxylic acids is 2. The van der Waals surface area contributed by atoms with E-state index in [2.05, 4.69) is 11.8 Å². The van der Waals surface area contributed by atoms with Crippen LogP contribution in [0.25, 0.3) is 0 Å². The van der Waals surface area contributed by atoms with Gasteiger partial charge in [0.05, 0.1) is 6.61 Å². The third-order valence-corrected chi connectivity index (χ3v) is 4.75. The minimum atomic E-state index is -0.243. The number of piperidine rings is 2. The molecular weight excluding hydrogens is 268 g/mol. The molecule has 2 saturated heterocycles. The number of hydrogen-bond acceptors (Lipinski definition) is 3. The molecule has 5 nitrogen and oxygen atoms in total. The van der Waals surface area contributed by atoms with Crippen LogP contribution in [0.1, 0.15) is 52.4 Å². The zero-order chi connectivity index (χ0) is 15.2. The maximum Gasteiger partial charge on any atom is 0.409 e. The molecule has 0 bridgehead atoms. The van der Waals surface area contributed by atoms with Gasteiger partial charge in [0, 0.05) is 31.6 Å². The van der Waals surface area contributed by atoms with Gasteiger partial charge in [-0.05, 0) is 45.4 Å². The lowest BCUT2D eigenvalue weighted by Gasteiger charge is -2.39. The van der Waals surface area contributed by atoms with Crippen LogP contribution in [0.5, 0.6) is 0 Å². The summed E-state index contributed by atoms with van der Waals surface area (Å²) in [6.45, 7) is 6.58. The SMILES string of the molecule is CCOC(=O)N1CCC(C(=O)N2CCCCC2CC)CC1. The summed E-state index contributed by atoms with van der Waals surface area (Å²) < 4.78 is 5.02. The first-order valence-corrected chi connectivity index (χ1v) is 8.39. The van der Waals surface area contributed by atoms with Crippen molar-refractivity contribution in [1.82, 2.24) is 9.80 Å². The molecule has 21 heavy (non-hydrogen) atoms. The van der Waals surface area contributed by atoms with E-state index in [1.807, 2.05) is 6.92 Å². The molecule has 1 atom stereocenters. The number of ether oxygens (including phenoxy) is 1. The van der Waals surface area contributed by atoms with E-state index in [0.717, 1.165) is 38.6 Å². The van der Waals surface area contributed by atoms with Gasteiger partial charge < -0.3 is 14.5 Å². The lowest BCUT2D eigenvalue weighted by molar-refractivity contribution is -0.140. The molecule has 0 aromatic rings. The van der Waals surface area contributed by atoms with Crippen molar-refractivity contribution in [2.45, 2.75) is 58.4 Å². The van der Waals surface area contributed by atoms with Crippen molar-refractivity contribution in [3.63, 3.8) is 0 Å². The molecule has 120 valence electrons. The molecule has 0 spiro atoms. The van der Waals surface area contributed by atoms with Crippen LogP contribution >= 0.6 is 0 Å². The molecule has 2 amide bonds. The number of likely N-dealkylation sites (tertiary alicyclic amines) is 2. The van der Waals surface area contributed by atoms with Crippen molar-refractivity contribution < 1.29 is 14.3 Å². The van der Waals surface area contributed by atoms with Gasteiger partial charge >= 0.3 is 6.09 Å². The van der Waals surface area contributed by atoms with E-state index in [9.17, 15) is 9.59 Å². The topological polar surface area (TPSA) is 49.9 Å². The van der Waals surface area contributed by atoms with Crippen LogP contribution in [0.3, 0.4) is 0 Å². The monoisotopic (exact) mass is 296 g/mol. The number of rotatable bonds is 3. The second-order valence-electron chi connectivity index (χ2n) is 6.05. The predicted molar refractivity (Wildman–Crippen MR) is 81.0 cm³/mol. The van der Waals surface area contributed by atoms with E-state index in [-0.39, 0.29) is 12.0 Å². The summed E-state index contributed by atoms with van der Waals surface area (Å²) in [4.78, 5) is 28.2. The van der Waals surface area contributed by atoms with Crippen molar-refractivity contribution in [1.29, 1.82) is 0 Å². The van der Waals surface area contributed by atoms with Crippen molar-refractivity contribution >= 4 is 12.0 Å². The Hall–Kier alpha value is -1.26. The smallest absolute Gasteiger partial charge is 0.409 e. The van der Waals surface area contributed by atoms with Gasteiger partial charge in [0.1, 0.15) is 0 Å². The maximum atomic E-state index is 12.7. The minimum absolute atomic E-state index is 0.0860. The highest BCUT2D eigenvalue weighted by Gasteiger charge is 2.33. The Labute approximate surface area is 127 Å². The Morgan fingerprint density at radius 3 is 2.38 bits per heavy atom. The van der Waals surface area contributed by atoms with Crippen molar-refractivity contribution in [2.24, 2.45) is 5.92 Å². The Bertz CT molecular complexity index is 365. The van der Waals surface area contributed by atoms with E-state index in [1.165, 1.54) is 6.42 Å². The molecule has 2 rings (SSSR count). The third-order valence-electron chi connectivity index (χ3n) is 4.75. The average molecular weight is 296 g/mol. The van der Waals surface area contributed by atoms with Gasteiger partial charge in [-0.15, -0.1) is 0 Å². The molecule has 1 unspecified atom stereocenters. The van der Waals surface area contributed by atoms with Crippen LogP contribution in [0.4, 0.5) is 4.79 Å². The molecule has 0 aliphatic carbocycles. The fourth-order valence-electron chi connectivity index (χ4n) is 3.47. The molecule has 2 fully saturated rings. The van der Waals surface area contributed by atoms with Crippen LogP contribution in [-0.2, 0) is 9.53 Å². The maximum absolute atomic E-state index is 12.7. The Balaban J connectivity index is 1.86. The second-order valence-corrected chi connectivity index (χ2v) is 6.05. The van der Waals surface area contributed by atoms with Crippen molar-refractivity contribution in [3.8, 4) is 0 Å². The summed E-state index contributed by atoms with van der Waals surface area (Å²) in [5.74, 6) is 0.396. The first-order chi connectivity index (χ1) is 10.2. The van der Waals surface area contributed by atoms with Crippen LogP contribution in [-0.4, -0.2) is 54.1 Å². The zero-order valence-corrected chi connectivity index (χ0v) is 13.3. The van der Waals surface area contributed by atoms with Gasteiger partial charge in [0.15, 0.2) is 0 Å². The van der Waals surface area contributed by atoms with E-state index in [0.29, 0.717) is 31.6 Å². The molecule has 5 heteroatoms. The van der Waals surface area contributed by atoms with Crippen LogP contribution < -0.4 is 0 Å². The van der Waals surface area contributed by atoms with E-state index < -0.39 is 0 Å². The highest BCUT2D eigenvalue weighted by atomic mass is 16.6. The first-order valence-electron chi connectivity index (χ1n) is 8.39. The van der Waals surface area contributed by atoms with E-state index >= 15 is 0 Å². The molecular formula is C16H28N2O3. The number of hydrogen-bond donors (Lipinski definition) is 0. The lowest BCUT2D eigenvalue weighted by atomic mass is 9.92. The van der Waals surface area contributed by atoms with Gasteiger partial charge in [-0.1, -0.05) is 6.92 Å². The van der Waals surface area contributed by atoms with Gasteiger partial charge in [-0.25, -0.2) is 4.79 Å². The summed E-state index contributed by atoms with van der Waals surface area (Å²) in [6.07, 6.45) is 5.85. The molecule has 0 aromatic carbocycles. The first kappa shape index (κ1) is 16.1. The second kappa shape index (κ2) is 7.66. The van der Waals surface area contributed by atoms with Gasteiger partial charge in [0.2, 0.25) is 5.91 Å². The lowest BCUT2D eigenvalue weighted by Crippen LogP contribution is -2.49. The van der Waals surface area contributed by atoms with Crippen LogP contribution in [0.2, 0.25) is 0 Å². The van der Waals surface area contributed by atoms with E-state index in [1.54, 1.807) is 4.90 Å². The molecule has 0 saturated carbocycles. The van der Waals surface area contributed by atoms with Gasteiger partial charge in [0.25, 0.3) is 0 Å². The van der Waals surface area contributed by atoms with Crippen LogP contribution in [0.15, 0.2) is 0 Å². The largest absolute Gasteiger partial charge is 0.450 e. The summed E-state index contributed by atoms with van der Waals surface area (Å²) >= 11 is 0. The molecule has 0 N–H and O–H groups in total. The molecule has 2 heterocycles. The highest BCUT2D eigenvalue weighted by molar-refractivity contribution is 5.79. The molecule has 2 aliphatic rings. The van der Waals surface area contributed by atoms with Gasteiger partial charge in [-0.2, -0.15) is 0 Å². The molecule has 0 aromatic heterocycles. The van der Waals surface area contributed by atoms with Crippen molar-refractivity contribution in [2.75, 3.05) is 26.2 Å². The summed E-state index contributed by atoms with van der Waals surface area (Å²) in [6, 6.07) is 0.425. The summed E-state index contributed by atoms with van der Waals surface area (Å²) in [7, 11) is 0. The fourth-order valence-corrected chi connectivity index (χ4v) is 3.47. The zero-order valence-electron chi connectivity index (χ0n) is 13.3. The Morgan fingerprint density at radius 1 is 1.05 bits per heavy atom. The average Bonchev–Trinajstić information content (AvgIpc) is 2.54. The predicted octanol–water partition coefficient (Wildman–Crippen LogP) is 2.65. The van der Waals surface area contributed by atoms with E-state index in [4.69, 9.17) is 4.74 Å². The Kier molecular flexibility index (Phi) is 5.88. The molecule has 2 aliphatic heterocycles. The normalized spacial score (nSPS) is 24.0. The Morgan fingerprint density at radius 2 is 1.76 bits per heavy atom. The minimum Gasteiger partial charge on any atom is -0.450 e. The third kappa shape index (κ3) is 3.89. The highest BCUT2D eigenvalue weighted by Crippen LogP contribution is 2.26. The number of carbonyl (C=O) groups is 2. The van der Waals surface area contributed by atoms with Crippen molar-refractivity contribution in [3.05, 3.63) is 0 Å². The summed E-state index contributed by atoms with van der Waals surface area (Å²) in [5.41, 5.74) is 0. The number of amides is 2. The van der Waals surface area contributed by atoms with Gasteiger partial charge in [-0.3, -0.25) is 4.79 Å². The fraction of sp³-hybridized carbons (Fsp3) is 0.875. The molecule has 0 radical (unpaired) electrons.